The molecule has 0 atom stereocenters. The Bertz CT molecular complexity index is 1110. The summed E-state index contributed by atoms with van der Waals surface area (Å²) in [6.07, 6.45) is 3.18. The zero-order valence-electron chi connectivity index (χ0n) is 15.3. The van der Waals surface area contributed by atoms with Crippen LogP contribution in [0.25, 0.3) is 10.9 Å². The van der Waals surface area contributed by atoms with Gasteiger partial charge in [0.25, 0.3) is 11.2 Å². The standard InChI is InChI=1S/C15H21N5O7S/c1-3-4-5-6-18(9-21)12-7-10-11(8-13(12)20(24)25)16-15(23)19(14(10)22)17-28(2,26)27/h7-8,17,21H,3-6,9H2,1-2H3,(H,16,23). The van der Waals surface area contributed by atoms with Crippen LogP contribution >= 0.6 is 0 Å². The maximum absolute atomic E-state index is 12.6. The van der Waals surface area contributed by atoms with E-state index in [0.717, 1.165) is 31.2 Å². The van der Waals surface area contributed by atoms with Gasteiger partial charge in [0.1, 0.15) is 12.4 Å². The van der Waals surface area contributed by atoms with Gasteiger partial charge in [-0.25, -0.2) is 18.0 Å². The first-order valence-electron chi connectivity index (χ1n) is 8.40. The smallest absolute Gasteiger partial charge is 0.348 e. The van der Waals surface area contributed by atoms with Gasteiger partial charge >= 0.3 is 5.69 Å². The second-order valence-electron chi connectivity index (χ2n) is 6.19. The molecule has 0 bridgehead atoms. The molecule has 2 aromatic rings. The van der Waals surface area contributed by atoms with Crippen molar-refractivity contribution in [1.82, 2.24) is 9.66 Å². The molecule has 0 spiro atoms. The van der Waals surface area contributed by atoms with Crippen LogP contribution in [0.5, 0.6) is 0 Å². The number of nitrogens with zero attached hydrogens (tertiary/aromatic N) is 3. The van der Waals surface area contributed by atoms with Gasteiger partial charge in [-0.1, -0.05) is 19.8 Å². The van der Waals surface area contributed by atoms with Gasteiger partial charge in [-0.2, -0.15) is 4.68 Å². The fraction of sp³-hybridized carbons (Fsp3) is 0.467. The van der Waals surface area contributed by atoms with Crippen molar-refractivity contribution in [2.45, 2.75) is 26.2 Å². The van der Waals surface area contributed by atoms with E-state index in [-0.39, 0.29) is 21.3 Å². The van der Waals surface area contributed by atoms with Crippen molar-refractivity contribution < 1.29 is 18.4 Å². The second-order valence-corrected chi connectivity index (χ2v) is 7.92. The largest absolute Gasteiger partial charge is 0.376 e. The summed E-state index contributed by atoms with van der Waals surface area (Å²) in [5.41, 5.74) is -2.62. The number of aliphatic hydroxyl groups excluding tert-OH is 1. The highest BCUT2D eigenvalue weighted by Crippen LogP contribution is 2.31. The molecule has 0 aliphatic carbocycles. The van der Waals surface area contributed by atoms with Crippen LogP contribution in [-0.2, 0) is 10.0 Å². The number of nitro groups is 1. The van der Waals surface area contributed by atoms with Crippen LogP contribution in [0.3, 0.4) is 0 Å². The molecule has 3 N–H and O–H groups in total. The Morgan fingerprint density at radius 1 is 1.32 bits per heavy atom. The molecular weight excluding hydrogens is 394 g/mol. The molecule has 1 aromatic heterocycles. The Labute approximate surface area is 159 Å². The van der Waals surface area contributed by atoms with Crippen LogP contribution in [0.15, 0.2) is 21.7 Å². The Morgan fingerprint density at radius 3 is 2.54 bits per heavy atom. The Balaban J connectivity index is 2.72. The van der Waals surface area contributed by atoms with Gasteiger partial charge in [0.2, 0.25) is 10.0 Å². The van der Waals surface area contributed by atoms with E-state index in [1.165, 1.54) is 4.90 Å². The lowest BCUT2D eigenvalue weighted by Crippen LogP contribution is -2.43. The van der Waals surface area contributed by atoms with Crippen LogP contribution in [0.4, 0.5) is 11.4 Å². The molecule has 2 rings (SSSR count). The summed E-state index contributed by atoms with van der Waals surface area (Å²) in [6.45, 7) is 1.78. The number of aliphatic hydroxyl groups is 1. The van der Waals surface area contributed by atoms with Gasteiger partial charge in [-0.05, 0) is 12.5 Å². The molecule has 0 saturated heterocycles. The minimum atomic E-state index is -3.92. The second kappa shape index (κ2) is 8.39. The molecule has 13 heteroatoms. The molecule has 1 aromatic carbocycles. The van der Waals surface area contributed by atoms with E-state index in [9.17, 15) is 33.2 Å². The molecule has 0 aliphatic heterocycles. The third-order valence-corrected chi connectivity index (χ3v) is 4.50. The number of benzene rings is 1. The number of rotatable bonds is 9. The van der Waals surface area contributed by atoms with Crippen LogP contribution in [0.2, 0.25) is 0 Å². The van der Waals surface area contributed by atoms with E-state index in [0.29, 0.717) is 13.0 Å². The van der Waals surface area contributed by atoms with Crippen molar-refractivity contribution in [3.05, 3.63) is 43.1 Å². The molecule has 0 saturated carbocycles. The van der Waals surface area contributed by atoms with E-state index in [4.69, 9.17) is 0 Å². The summed E-state index contributed by atoms with van der Waals surface area (Å²) in [4.78, 5) is 40.8. The lowest BCUT2D eigenvalue weighted by molar-refractivity contribution is -0.384. The summed E-state index contributed by atoms with van der Waals surface area (Å²) in [5.74, 6) is 0. The predicted octanol–water partition coefficient (Wildman–Crippen LogP) is 0.0475. The zero-order chi connectivity index (χ0) is 21.1. The van der Waals surface area contributed by atoms with Gasteiger partial charge < -0.3 is 15.0 Å². The predicted molar refractivity (Wildman–Crippen MR) is 104 cm³/mol. The minimum Gasteiger partial charge on any atom is -0.376 e. The lowest BCUT2D eigenvalue weighted by atomic mass is 10.1. The minimum absolute atomic E-state index is 0.00819. The highest BCUT2D eigenvalue weighted by Gasteiger charge is 2.23. The maximum Gasteiger partial charge on any atom is 0.348 e. The Morgan fingerprint density at radius 2 is 2.00 bits per heavy atom. The first-order chi connectivity index (χ1) is 13.1. The van der Waals surface area contributed by atoms with Gasteiger partial charge in [0.05, 0.1) is 22.1 Å². The summed E-state index contributed by atoms with van der Waals surface area (Å²) >= 11 is 0. The van der Waals surface area contributed by atoms with E-state index >= 15 is 0 Å². The lowest BCUT2D eigenvalue weighted by Gasteiger charge is -2.22. The van der Waals surface area contributed by atoms with Gasteiger partial charge in [0, 0.05) is 12.6 Å². The molecule has 154 valence electrons. The molecule has 0 amide bonds. The average molecular weight is 415 g/mol. The zero-order valence-corrected chi connectivity index (χ0v) is 16.2. The normalized spacial score (nSPS) is 11.5. The third-order valence-electron chi connectivity index (χ3n) is 3.99. The van der Waals surface area contributed by atoms with Crippen LogP contribution in [0, 0.1) is 10.1 Å². The van der Waals surface area contributed by atoms with Crippen molar-refractivity contribution in [2.75, 3.05) is 29.3 Å². The maximum atomic E-state index is 12.6. The number of H-pyrrole nitrogens is 1. The quantitative estimate of drug-likeness (QED) is 0.223. The summed E-state index contributed by atoms with van der Waals surface area (Å²) in [5, 5.41) is 21.0. The third kappa shape index (κ3) is 4.67. The molecule has 0 unspecified atom stereocenters. The summed E-state index contributed by atoms with van der Waals surface area (Å²) < 4.78 is 23.1. The van der Waals surface area contributed by atoms with Crippen molar-refractivity contribution in [2.24, 2.45) is 0 Å². The fourth-order valence-corrected chi connectivity index (χ4v) is 3.21. The first-order valence-corrected chi connectivity index (χ1v) is 10.3. The van der Waals surface area contributed by atoms with Gasteiger partial charge in [0.15, 0.2) is 0 Å². The molecular formula is C15H21N5O7S. The number of nitro benzene ring substituents is 1. The Kier molecular flexibility index (Phi) is 6.41. The molecule has 28 heavy (non-hydrogen) atoms. The number of aromatic nitrogens is 2. The topological polar surface area (TPSA) is 168 Å². The van der Waals surface area contributed by atoms with Gasteiger partial charge in [-0.15, -0.1) is 0 Å². The highest BCUT2D eigenvalue weighted by atomic mass is 32.2. The van der Waals surface area contributed by atoms with Crippen molar-refractivity contribution in [3.63, 3.8) is 0 Å². The number of aromatic amines is 1. The van der Waals surface area contributed by atoms with E-state index in [2.05, 4.69) is 4.98 Å². The van der Waals surface area contributed by atoms with E-state index < -0.39 is 38.6 Å². The number of hydrogen-bond donors (Lipinski definition) is 3. The average Bonchev–Trinajstić information content (AvgIpc) is 2.61. The van der Waals surface area contributed by atoms with E-state index in [1.54, 1.807) is 4.83 Å². The molecule has 0 aliphatic rings. The molecule has 0 fully saturated rings. The van der Waals surface area contributed by atoms with Gasteiger partial charge in [-0.3, -0.25) is 14.9 Å². The Hall–Kier alpha value is -2.93. The number of sulfonamides is 1. The number of anilines is 1. The first kappa shape index (κ1) is 21.4. The van der Waals surface area contributed by atoms with Crippen LogP contribution in [-0.4, -0.2) is 47.6 Å². The van der Waals surface area contributed by atoms with Crippen molar-refractivity contribution in [3.8, 4) is 0 Å². The summed E-state index contributed by atoms with van der Waals surface area (Å²) in [6, 6.07) is 2.18. The molecule has 0 radical (unpaired) electrons. The SMILES string of the molecule is CCCCCN(CO)c1cc2c(=O)n(NS(C)(=O)=O)c(=O)[nH]c2cc1[N+](=O)[O-]. The van der Waals surface area contributed by atoms with Crippen molar-refractivity contribution in [1.29, 1.82) is 0 Å². The van der Waals surface area contributed by atoms with Crippen LogP contribution in [0.1, 0.15) is 26.2 Å². The highest BCUT2D eigenvalue weighted by molar-refractivity contribution is 7.91. The van der Waals surface area contributed by atoms with Crippen molar-refractivity contribution >= 4 is 32.3 Å². The van der Waals surface area contributed by atoms with Crippen LogP contribution < -0.4 is 21.0 Å². The number of hydrogen-bond acceptors (Lipinski definition) is 8. The molecule has 1 heterocycles. The monoisotopic (exact) mass is 415 g/mol. The van der Waals surface area contributed by atoms with E-state index in [1.807, 2.05) is 6.92 Å². The number of nitrogens with one attached hydrogen (secondary N) is 2. The summed E-state index contributed by atoms with van der Waals surface area (Å²) in [7, 11) is -3.92. The fourth-order valence-electron chi connectivity index (χ4n) is 2.71. The number of unbranched alkanes of at least 4 members (excludes halogenated alkanes) is 2. The number of fused-ring (bicyclic) bond motifs is 1. The molecule has 12 nitrogen and oxygen atoms in total.